The van der Waals surface area contributed by atoms with Crippen molar-refractivity contribution in [1.82, 2.24) is 0 Å². The first kappa shape index (κ1) is 16.4. The summed E-state index contributed by atoms with van der Waals surface area (Å²) in [5.74, 6) is 0. The first-order chi connectivity index (χ1) is 7.92. The van der Waals surface area contributed by atoms with Gasteiger partial charge in [0.2, 0.25) is 0 Å². The maximum Gasteiger partial charge on any atom is 0.0678 e. The molecular weight excluding hydrogens is 359 g/mol. The molecule has 0 N–H and O–H groups in total. The molecule has 3 heteroatoms. The molecule has 2 saturated carbocycles. The van der Waals surface area contributed by atoms with E-state index in [0.29, 0.717) is 0 Å². The van der Waals surface area contributed by atoms with Crippen molar-refractivity contribution in [3.8, 4) is 0 Å². The van der Waals surface area contributed by atoms with E-state index in [0.717, 1.165) is 0 Å². The maximum absolute atomic E-state index is 3.71. The van der Waals surface area contributed by atoms with E-state index in [9.17, 15) is 0 Å². The second-order valence-electron chi connectivity index (χ2n) is 5.68. The summed E-state index contributed by atoms with van der Waals surface area (Å²) in [4.78, 5) is 0. The normalized spacial score (nSPS) is 23.6. The number of rotatable bonds is 4. The van der Waals surface area contributed by atoms with Crippen LogP contribution in [0.5, 0.6) is 0 Å². The summed E-state index contributed by atoms with van der Waals surface area (Å²) in [7, 11) is -0.0437. The van der Waals surface area contributed by atoms with Gasteiger partial charge in [-0.25, -0.2) is 0 Å². The lowest BCUT2D eigenvalue weighted by Gasteiger charge is -2.32. The monoisotopic (exact) mass is 384 g/mol. The molecule has 0 aliphatic heterocycles. The zero-order chi connectivity index (χ0) is 11.2. The van der Waals surface area contributed by atoms with Gasteiger partial charge in [-0.1, -0.05) is 28.8 Å². The highest BCUT2D eigenvalue weighted by atomic mass is 79.9. The fourth-order valence-corrected chi connectivity index (χ4v) is 9.17. The van der Waals surface area contributed by atoms with E-state index in [1.807, 2.05) is 0 Å². The van der Waals surface area contributed by atoms with Gasteiger partial charge in [-0.3, -0.25) is 0 Å². The zero-order valence-electron chi connectivity index (χ0n) is 10.9. The third-order valence-corrected chi connectivity index (χ3v) is 9.85. The molecule has 0 aromatic heterocycles. The molecule has 0 heterocycles. The summed E-state index contributed by atoms with van der Waals surface area (Å²) in [5, 5.41) is 1.27. The maximum atomic E-state index is 3.71. The van der Waals surface area contributed by atoms with Crippen molar-refractivity contribution in [2.24, 2.45) is 0 Å². The van der Waals surface area contributed by atoms with Gasteiger partial charge in [-0.15, -0.1) is 0 Å². The van der Waals surface area contributed by atoms with Crippen LogP contribution in [0.4, 0.5) is 0 Å². The highest BCUT2D eigenvalue weighted by Gasteiger charge is 2.36. The smallest absolute Gasteiger partial charge is 0.0678 e. The topological polar surface area (TPSA) is 0 Å². The Morgan fingerprint density at radius 3 is 1.53 bits per heavy atom. The van der Waals surface area contributed by atoms with E-state index >= 15 is 0 Å². The summed E-state index contributed by atoms with van der Waals surface area (Å²) in [6.07, 6.45) is 17.0. The molecule has 17 heavy (non-hydrogen) atoms. The third-order valence-electron chi connectivity index (χ3n) is 4.64. The molecule has 0 saturated heterocycles. The first-order valence-corrected chi connectivity index (χ1v) is 10.3. The lowest BCUT2D eigenvalue weighted by molar-refractivity contribution is -0.00000325. The van der Waals surface area contributed by atoms with Crippen LogP contribution in [0.1, 0.15) is 64.2 Å². The van der Waals surface area contributed by atoms with Gasteiger partial charge in [0.25, 0.3) is 0 Å². The molecule has 0 nitrogen and oxygen atoms in total. The van der Waals surface area contributed by atoms with Crippen LogP contribution in [0.15, 0.2) is 0 Å². The van der Waals surface area contributed by atoms with E-state index in [4.69, 9.17) is 0 Å². The van der Waals surface area contributed by atoms with E-state index in [-0.39, 0.29) is 24.9 Å². The van der Waals surface area contributed by atoms with Gasteiger partial charge < -0.3 is 17.0 Å². The molecule has 0 radical (unpaired) electrons. The van der Waals surface area contributed by atoms with E-state index in [2.05, 4.69) is 15.9 Å². The van der Waals surface area contributed by atoms with Gasteiger partial charge in [0.05, 0.1) is 17.5 Å². The Balaban J connectivity index is 0.00000144. The number of halogens is 2. The van der Waals surface area contributed by atoms with Crippen molar-refractivity contribution >= 4 is 23.9 Å². The van der Waals surface area contributed by atoms with Crippen molar-refractivity contribution in [1.29, 1.82) is 0 Å². The molecule has 2 aliphatic rings. The molecule has 2 fully saturated rings. The van der Waals surface area contributed by atoms with Gasteiger partial charge in [-0.2, -0.15) is 0 Å². The second-order valence-corrected chi connectivity index (χ2v) is 9.76. The summed E-state index contributed by atoms with van der Waals surface area (Å²) >= 11 is 3.71. The van der Waals surface area contributed by atoms with E-state index in [1.165, 1.54) is 55.2 Å². The van der Waals surface area contributed by atoms with Crippen molar-refractivity contribution in [2.75, 3.05) is 11.5 Å². The van der Waals surface area contributed by atoms with E-state index in [1.54, 1.807) is 31.8 Å². The summed E-state index contributed by atoms with van der Waals surface area (Å²) in [5.41, 5.74) is 2.36. The highest BCUT2D eigenvalue weighted by molar-refractivity contribution is 9.09. The fraction of sp³-hybridized carbons (Fsp3) is 1.00. The quantitative estimate of drug-likeness (QED) is 0.514. The predicted molar refractivity (Wildman–Crippen MR) is 80.7 cm³/mol. The standard InChI is InChI=1S/C14H26BrP.BrH/c15-11-12-16(13-7-3-1-4-8-13)14-9-5-2-6-10-14;/h13-14H,1-12H2;1H. The first-order valence-electron chi connectivity index (χ1n) is 7.33. The zero-order valence-corrected chi connectivity index (χ0v) is 15.1. The van der Waals surface area contributed by atoms with Crippen LogP contribution in [-0.4, -0.2) is 22.8 Å². The number of hydrogen-bond donors (Lipinski definition) is 0. The average molecular weight is 386 g/mol. The Labute approximate surface area is 127 Å². The molecular formula is C14H27Br2P. The molecule has 2 rings (SSSR count). The Bertz CT molecular complexity index is 169. The van der Waals surface area contributed by atoms with Gasteiger partial charge in [0, 0.05) is 13.3 Å². The van der Waals surface area contributed by atoms with Gasteiger partial charge >= 0.3 is 0 Å². The fourth-order valence-electron chi connectivity index (χ4n) is 3.80. The highest BCUT2D eigenvalue weighted by Crippen LogP contribution is 2.55. The van der Waals surface area contributed by atoms with Crippen molar-refractivity contribution in [2.45, 2.75) is 75.5 Å². The van der Waals surface area contributed by atoms with Crippen molar-refractivity contribution < 1.29 is 17.0 Å². The van der Waals surface area contributed by atoms with Crippen LogP contribution in [-0.2, 0) is 0 Å². The lowest BCUT2D eigenvalue weighted by Crippen LogP contribution is -3.00. The summed E-state index contributed by atoms with van der Waals surface area (Å²) in [6.45, 7) is 0. The average Bonchev–Trinajstić information content (AvgIpc) is 2.38. The lowest BCUT2D eigenvalue weighted by atomic mass is 9.99. The minimum absolute atomic E-state index is 0. The van der Waals surface area contributed by atoms with Crippen LogP contribution in [0.25, 0.3) is 0 Å². The van der Waals surface area contributed by atoms with Crippen LogP contribution >= 0.6 is 23.9 Å². The minimum atomic E-state index is -0.0437. The van der Waals surface area contributed by atoms with Crippen LogP contribution in [0.2, 0.25) is 0 Å². The summed E-state index contributed by atoms with van der Waals surface area (Å²) in [6, 6.07) is 0. The van der Waals surface area contributed by atoms with Gasteiger partial charge in [-0.05, 0) is 51.4 Å². The Kier molecular flexibility index (Phi) is 9.01. The predicted octanol–water partition coefficient (Wildman–Crippen LogP) is 2.26. The second kappa shape index (κ2) is 9.32. The molecule has 2 aliphatic carbocycles. The third kappa shape index (κ3) is 5.11. The molecule has 0 spiro atoms. The number of hydrogen-bond acceptors (Lipinski definition) is 0. The molecule has 0 atom stereocenters. The SMILES string of the molecule is BrCC[PH+](C1CCCCC1)C1CCCCC1.[Br-]. The van der Waals surface area contributed by atoms with Crippen LogP contribution < -0.4 is 17.0 Å². The Morgan fingerprint density at radius 2 is 1.18 bits per heavy atom. The molecule has 0 amide bonds. The van der Waals surface area contributed by atoms with E-state index < -0.39 is 0 Å². The van der Waals surface area contributed by atoms with Gasteiger partial charge in [0.15, 0.2) is 0 Å². The number of alkyl halides is 1. The van der Waals surface area contributed by atoms with Crippen molar-refractivity contribution in [3.05, 3.63) is 0 Å². The Hall–Kier alpha value is 1.39. The molecule has 0 aromatic rings. The molecule has 0 bridgehead atoms. The van der Waals surface area contributed by atoms with Crippen LogP contribution in [0, 0.1) is 0 Å². The largest absolute Gasteiger partial charge is 1.00 e. The molecule has 102 valence electrons. The Morgan fingerprint density at radius 1 is 0.765 bits per heavy atom. The van der Waals surface area contributed by atoms with Gasteiger partial charge in [0.1, 0.15) is 0 Å². The molecule has 0 unspecified atom stereocenters. The van der Waals surface area contributed by atoms with Crippen LogP contribution in [0.3, 0.4) is 0 Å². The minimum Gasteiger partial charge on any atom is -1.00 e. The molecule has 0 aromatic carbocycles. The summed E-state index contributed by atoms with van der Waals surface area (Å²) < 4.78 is 0. The van der Waals surface area contributed by atoms with Crippen molar-refractivity contribution in [3.63, 3.8) is 0 Å².